The zero-order valence-corrected chi connectivity index (χ0v) is 17.1. The minimum Gasteiger partial charge on any atom is -0.496 e. The van der Waals surface area contributed by atoms with Gasteiger partial charge in [-0.3, -0.25) is 4.79 Å². The highest BCUT2D eigenvalue weighted by Gasteiger charge is 2.15. The fourth-order valence-corrected chi connectivity index (χ4v) is 2.78. The number of ether oxygens (including phenoxy) is 4. The Morgan fingerprint density at radius 3 is 2.34 bits per heavy atom. The number of methoxy groups -OCH3 is 2. The van der Waals surface area contributed by atoms with Crippen molar-refractivity contribution < 1.29 is 23.7 Å². The Bertz CT molecular complexity index is 912. The largest absolute Gasteiger partial charge is 0.496 e. The van der Waals surface area contributed by atoms with Crippen molar-refractivity contribution in [3.05, 3.63) is 78.4 Å². The summed E-state index contributed by atoms with van der Waals surface area (Å²) in [7, 11) is 3.11. The van der Waals surface area contributed by atoms with Crippen LogP contribution in [0.4, 0.5) is 0 Å². The lowest BCUT2D eigenvalue weighted by Crippen LogP contribution is -2.02. The summed E-state index contributed by atoms with van der Waals surface area (Å²) in [6.45, 7) is 9.89. The minimum absolute atomic E-state index is 0.186. The van der Waals surface area contributed by atoms with E-state index < -0.39 is 0 Å². The molecule has 0 bridgehead atoms. The molecule has 2 aromatic rings. The number of allylic oxidation sites excluding steroid dienone is 1. The van der Waals surface area contributed by atoms with Crippen LogP contribution in [0.25, 0.3) is 6.08 Å². The van der Waals surface area contributed by atoms with E-state index in [0.717, 1.165) is 11.1 Å². The molecule has 0 aromatic heterocycles. The van der Waals surface area contributed by atoms with Crippen LogP contribution in [0.3, 0.4) is 0 Å². The molecule has 0 aliphatic carbocycles. The van der Waals surface area contributed by atoms with Crippen LogP contribution in [0.1, 0.15) is 21.5 Å². The van der Waals surface area contributed by atoms with E-state index in [4.69, 9.17) is 18.9 Å². The molecule has 2 aromatic carbocycles. The molecular formula is C24H26O5. The standard InChI is InChI=1S/C24H26O5/c1-6-14-28-19-10-8-18(23(16-19)29-15-7-2)9-12-21(25)20-11-13-22(26-4)17(3)24(20)27-5/h6-13,16H,1-2,14-15H2,3-5H3/b12-9+. The number of rotatable bonds is 11. The molecule has 0 fully saturated rings. The molecule has 0 aliphatic heterocycles. The maximum absolute atomic E-state index is 12.8. The summed E-state index contributed by atoms with van der Waals surface area (Å²) in [5, 5.41) is 0. The van der Waals surface area contributed by atoms with E-state index in [1.54, 1.807) is 43.5 Å². The average Bonchev–Trinajstić information content (AvgIpc) is 2.74. The van der Waals surface area contributed by atoms with E-state index in [0.29, 0.717) is 41.8 Å². The number of hydrogen-bond acceptors (Lipinski definition) is 5. The van der Waals surface area contributed by atoms with Gasteiger partial charge in [0, 0.05) is 17.2 Å². The normalized spacial score (nSPS) is 10.4. The van der Waals surface area contributed by atoms with Crippen molar-refractivity contribution in [2.45, 2.75) is 6.92 Å². The van der Waals surface area contributed by atoms with Gasteiger partial charge in [0.1, 0.15) is 36.2 Å². The third kappa shape index (κ3) is 5.51. The van der Waals surface area contributed by atoms with Crippen LogP contribution in [0.2, 0.25) is 0 Å². The van der Waals surface area contributed by atoms with Crippen molar-refractivity contribution >= 4 is 11.9 Å². The number of benzene rings is 2. The number of hydrogen-bond donors (Lipinski definition) is 0. The van der Waals surface area contributed by atoms with E-state index >= 15 is 0 Å². The third-order valence-corrected chi connectivity index (χ3v) is 4.17. The van der Waals surface area contributed by atoms with E-state index in [1.165, 1.54) is 13.2 Å². The molecule has 0 saturated heterocycles. The Kier molecular flexibility index (Phi) is 8.10. The average molecular weight is 394 g/mol. The van der Waals surface area contributed by atoms with E-state index in [1.807, 2.05) is 19.1 Å². The highest BCUT2D eigenvalue weighted by Crippen LogP contribution is 2.32. The highest BCUT2D eigenvalue weighted by molar-refractivity contribution is 6.09. The fraction of sp³-hybridized carbons (Fsp3) is 0.208. The van der Waals surface area contributed by atoms with Gasteiger partial charge in [-0.1, -0.05) is 25.3 Å². The summed E-state index contributed by atoms with van der Waals surface area (Å²) in [5.74, 6) is 2.22. The topological polar surface area (TPSA) is 54.0 Å². The van der Waals surface area contributed by atoms with Crippen LogP contribution in [0, 0.1) is 6.92 Å². The Hall–Kier alpha value is -3.47. The first-order valence-corrected chi connectivity index (χ1v) is 9.11. The molecule has 0 N–H and O–H groups in total. The maximum atomic E-state index is 12.8. The van der Waals surface area contributed by atoms with Crippen LogP contribution in [0.15, 0.2) is 61.7 Å². The van der Waals surface area contributed by atoms with E-state index in [-0.39, 0.29) is 5.78 Å². The van der Waals surface area contributed by atoms with Gasteiger partial charge in [-0.25, -0.2) is 0 Å². The maximum Gasteiger partial charge on any atom is 0.189 e. The van der Waals surface area contributed by atoms with Gasteiger partial charge >= 0.3 is 0 Å². The first-order valence-electron chi connectivity index (χ1n) is 9.11. The van der Waals surface area contributed by atoms with Gasteiger partial charge in [-0.15, -0.1) is 0 Å². The van der Waals surface area contributed by atoms with E-state index in [2.05, 4.69) is 13.2 Å². The lowest BCUT2D eigenvalue weighted by atomic mass is 10.0. The number of carbonyl (C=O) groups excluding carboxylic acids is 1. The van der Waals surface area contributed by atoms with Crippen molar-refractivity contribution in [1.29, 1.82) is 0 Å². The molecule has 0 amide bonds. The zero-order chi connectivity index (χ0) is 21.2. The SMILES string of the molecule is C=CCOc1ccc(/C=C/C(=O)c2ccc(OC)c(C)c2OC)c(OCC=C)c1. The third-order valence-electron chi connectivity index (χ3n) is 4.17. The number of carbonyl (C=O) groups is 1. The molecule has 29 heavy (non-hydrogen) atoms. The van der Waals surface area contributed by atoms with Gasteiger partial charge in [0.15, 0.2) is 5.78 Å². The summed E-state index contributed by atoms with van der Waals surface area (Å²) in [5.41, 5.74) is 1.98. The molecule has 2 rings (SSSR count). The van der Waals surface area contributed by atoms with Crippen LogP contribution in [-0.2, 0) is 0 Å². The summed E-state index contributed by atoms with van der Waals surface area (Å²) in [4.78, 5) is 12.8. The predicted octanol–water partition coefficient (Wildman–Crippen LogP) is 5.04. The molecule has 0 heterocycles. The first kappa shape index (κ1) is 21.8. The van der Waals surface area contributed by atoms with Crippen molar-refractivity contribution in [2.75, 3.05) is 27.4 Å². The Labute approximate surface area is 171 Å². The first-order chi connectivity index (χ1) is 14.0. The quantitative estimate of drug-likeness (QED) is 0.304. The smallest absolute Gasteiger partial charge is 0.189 e. The van der Waals surface area contributed by atoms with Crippen molar-refractivity contribution in [2.24, 2.45) is 0 Å². The van der Waals surface area contributed by atoms with Crippen molar-refractivity contribution in [3.8, 4) is 23.0 Å². The second kappa shape index (κ2) is 10.8. The summed E-state index contributed by atoms with van der Waals surface area (Å²) in [6, 6.07) is 8.86. The minimum atomic E-state index is -0.186. The van der Waals surface area contributed by atoms with Crippen LogP contribution >= 0.6 is 0 Å². The molecule has 0 saturated carbocycles. The van der Waals surface area contributed by atoms with Crippen LogP contribution in [-0.4, -0.2) is 33.2 Å². The van der Waals surface area contributed by atoms with Gasteiger partial charge in [-0.05, 0) is 43.3 Å². The van der Waals surface area contributed by atoms with Gasteiger partial charge < -0.3 is 18.9 Å². The Balaban J connectivity index is 2.32. The molecule has 5 heteroatoms. The van der Waals surface area contributed by atoms with Crippen molar-refractivity contribution in [3.63, 3.8) is 0 Å². The summed E-state index contributed by atoms with van der Waals surface area (Å²) < 4.78 is 22.0. The van der Waals surface area contributed by atoms with Gasteiger partial charge in [0.25, 0.3) is 0 Å². The fourth-order valence-electron chi connectivity index (χ4n) is 2.78. The summed E-state index contributed by atoms with van der Waals surface area (Å²) in [6.07, 6.45) is 6.52. The predicted molar refractivity (Wildman–Crippen MR) is 115 cm³/mol. The lowest BCUT2D eigenvalue weighted by molar-refractivity contribution is 0.104. The van der Waals surface area contributed by atoms with Crippen LogP contribution in [0.5, 0.6) is 23.0 Å². The zero-order valence-electron chi connectivity index (χ0n) is 17.1. The molecule has 0 spiro atoms. The molecule has 0 aliphatic rings. The molecule has 152 valence electrons. The van der Waals surface area contributed by atoms with Gasteiger partial charge in [-0.2, -0.15) is 0 Å². The van der Waals surface area contributed by atoms with Crippen molar-refractivity contribution in [1.82, 2.24) is 0 Å². The number of ketones is 1. The molecular weight excluding hydrogens is 368 g/mol. The second-order valence-corrected chi connectivity index (χ2v) is 6.07. The molecule has 0 atom stereocenters. The molecule has 5 nitrogen and oxygen atoms in total. The molecule has 0 radical (unpaired) electrons. The second-order valence-electron chi connectivity index (χ2n) is 6.07. The Morgan fingerprint density at radius 2 is 1.69 bits per heavy atom. The van der Waals surface area contributed by atoms with Gasteiger partial charge in [0.05, 0.1) is 19.8 Å². The van der Waals surface area contributed by atoms with Crippen LogP contribution < -0.4 is 18.9 Å². The highest BCUT2D eigenvalue weighted by atomic mass is 16.5. The lowest BCUT2D eigenvalue weighted by Gasteiger charge is -2.13. The monoisotopic (exact) mass is 394 g/mol. The Morgan fingerprint density at radius 1 is 0.966 bits per heavy atom. The molecule has 0 unspecified atom stereocenters. The van der Waals surface area contributed by atoms with E-state index in [9.17, 15) is 4.79 Å². The van der Waals surface area contributed by atoms with Gasteiger partial charge in [0.2, 0.25) is 0 Å². The summed E-state index contributed by atoms with van der Waals surface area (Å²) >= 11 is 0.